The van der Waals surface area contributed by atoms with Crippen molar-refractivity contribution in [3.8, 4) is 0 Å². The van der Waals surface area contributed by atoms with Gasteiger partial charge in [-0.05, 0) is 25.1 Å². The molecule has 0 aliphatic carbocycles. The number of aromatic carboxylic acids is 1. The van der Waals surface area contributed by atoms with Crippen molar-refractivity contribution in [2.24, 2.45) is 0 Å². The van der Waals surface area contributed by atoms with Crippen LogP contribution in [0.1, 0.15) is 21.8 Å². The first kappa shape index (κ1) is 12.4. The Morgan fingerprint density at radius 1 is 1.56 bits per heavy atom. The summed E-state index contributed by atoms with van der Waals surface area (Å²) in [6.07, 6.45) is 1.21. The van der Waals surface area contributed by atoms with Gasteiger partial charge in [-0.1, -0.05) is 11.6 Å². The van der Waals surface area contributed by atoms with E-state index in [4.69, 9.17) is 21.1 Å². The van der Waals surface area contributed by atoms with Crippen molar-refractivity contribution in [2.45, 2.75) is 13.5 Å². The van der Waals surface area contributed by atoms with Gasteiger partial charge < -0.3 is 14.8 Å². The smallest absolute Gasteiger partial charge is 0.338 e. The molecule has 0 fully saturated rings. The van der Waals surface area contributed by atoms with Gasteiger partial charge in [-0.2, -0.15) is 0 Å². The molecule has 0 aliphatic rings. The highest BCUT2D eigenvalue weighted by atomic mass is 35.5. The number of nitrogens with one attached hydrogen (secondary N) is 1. The predicted octanol–water partition coefficient (Wildman–Crippen LogP) is 2.95. The molecular weight excluding hydrogens is 256 g/mol. The molecule has 2 heterocycles. The summed E-state index contributed by atoms with van der Waals surface area (Å²) in [5.41, 5.74) is 1.73. The van der Waals surface area contributed by atoms with E-state index in [9.17, 15) is 4.79 Å². The van der Waals surface area contributed by atoms with Crippen molar-refractivity contribution < 1.29 is 14.3 Å². The van der Waals surface area contributed by atoms with Crippen LogP contribution in [0.5, 0.6) is 0 Å². The molecule has 2 rings (SSSR count). The molecule has 0 unspecified atom stereocenters. The van der Waals surface area contributed by atoms with Gasteiger partial charge >= 0.3 is 5.97 Å². The molecule has 0 radical (unpaired) electrons. The molecule has 6 heteroatoms. The minimum atomic E-state index is -1.01. The number of carboxylic acid groups (broad SMARTS) is 1. The predicted molar refractivity (Wildman–Crippen MR) is 67.0 cm³/mol. The number of nitrogens with zero attached hydrogens (tertiary/aromatic N) is 1. The molecular formula is C12H11ClN2O3. The van der Waals surface area contributed by atoms with Crippen molar-refractivity contribution in [2.75, 3.05) is 5.32 Å². The SMILES string of the molecule is Cc1nc(Cl)ccc1NCc1cc(C(=O)O)co1. The summed E-state index contributed by atoms with van der Waals surface area (Å²) in [5.74, 6) is -0.462. The maximum atomic E-state index is 10.7. The van der Waals surface area contributed by atoms with Gasteiger partial charge in [0, 0.05) is 0 Å². The number of carbonyl (C=O) groups is 1. The second-order valence-corrected chi connectivity index (χ2v) is 4.11. The maximum Gasteiger partial charge on any atom is 0.338 e. The molecule has 0 bridgehead atoms. The molecule has 2 aromatic rings. The summed E-state index contributed by atoms with van der Waals surface area (Å²) in [4.78, 5) is 14.8. The largest absolute Gasteiger partial charge is 0.478 e. The number of hydrogen-bond donors (Lipinski definition) is 2. The standard InChI is InChI=1S/C12H11ClN2O3/c1-7-10(2-3-11(13)15-7)14-5-9-4-8(6-18-9)12(16)17/h2-4,6,14H,5H2,1H3,(H,16,17). The van der Waals surface area contributed by atoms with Gasteiger partial charge in [-0.3, -0.25) is 0 Å². The molecule has 0 aliphatic heterocycles. The van der Waals surface area contributed by atoms with Crippen LogP contribution in [0.2, 0.25) is 5.15 Å². The van der Waals surface area contributed by atoms with Crippen molar-refractivity contribution in [1.29, 1.82) is 0 Å². The van der Waals surface area contributed by atoms with Gasteiger partial charge in [-0.15, -0.1) is 0 Å². The fourth-order valence-electron chi connectivity index (χ4n) is 1.49. The number of rotatable bonds is 4. The average Bonchev–Trinajstić information content (AvgIpc) is 2.76. The number of furan rings is 1. The molecule has 0 aromatic carbocycles. The van der Waals surface area contributed by atoms with Crippen LogP contribution in [0.25, 0.3) is 0 Å². The number of pyridine rings is 1. The quantitative estimate of drug-likeness (QED) is 0.832. The van der Waals surface area contributed by atoms with Crippen LogP contribution >= 0.6 is 11.6 Å². The van der Waals surface area contributed by atoms with Gasteiger partial charge in [0.15, 0.2) is 0 Å². The highest BCUT2D eigenvalue weighted by molar-refractivity contribution is 6.29. The van der Waals surface area contributed by atoms with Crippen LogP contribution in [0.3, 0.4) is 0 Å². The van der Waals surface area contributed by atoms with Crippen molar-refractivity contribution in [3.05, 3.63) is 46.6 Å². The monoisotopic (exact) mass is 266 g/mol. The zero-order valence-electron chi connectivity index (χ0n) is 9.61. The normalized spacial score (nSPS) is 10.3. The summed E-state index contributed by atoms with van der Waals surface area (Å²) in [6, 6.07) is 4.97. The number of anilines is 1. The Morgan fingerprint density at radius 2 is 2.33 bits per heavy atom. The topological polar surface area (TPSA) is 75.4 Å². The Morgan fingerprint density at radius 3 is 2.94 bits per heavy atom. The highest BCUT2D eigenvalue weighted by Gasteiger charge is 2.08. The minimum absolute atomic E-state index is 0.137. The Bertz CT molecular complexity index is 580. The van der Waals surface area contributed by atoms with Crippen molar-refractivity contribution in [1.82, 2.24) is 4.98 Å². The molecule has 0 atom stereocenters. The summed E-state index contributed by atoms with van der Waals surface area (Å²) in [7, 11) is 0. The fraction of sp³-hybridized carbons (Fsp3) is 0.167. The van der Waals surface area contributed by atoms with Gasteiger partial charge in [0.2, 0.25) is 0 Å². The number of hydrogen-bond acceptors (Lipinski definition) is 4. The number of aromatic nitrogens is 1. The molecule has 18 heavy (non-hydrogen) atoms. The molecule has 0 saturated carbocycles. The second-order valence-electron chi connectivity index (χ2n) is 3.73. The van der Waals surface area contributed by atoms with Crippen LogP contribution < -0.4 is 5.32 Å². The van der Waals surface area contributed by atoms with E-state index in [-0.39, 0.29) is 5.56 Å². The first-order valence-electron chi connectivity index (χ1n) is 5.24. The molecule has 0 amide bonds. The van der Waals surface area contributed by atoms with Crippen molar-refractivity contribution in [3.63, 3.8) is 0 Å². The van der Waals surface area contributed by atoms with Crippen LogP contribution in [0.4, 0.5) is 5.69 Å². The molecule has 94 valence electrons. The summed E-state index contributed by atoms with van der Waals surface area (Å²) in [6.45, 7) is 2.22. The summed E-state index contributed by atoms with van der Waals surface area (Å²) < 4.78 is 5.12. The third kappa shape index (κ3) is 2.81. The Labute approximate surface area is 108 Å². The van der Waals surface area contributed by atoms with Crippen LogP contribution in [-0.4, -0.2) is 16.1 Å². The third-order valence-electron chi connectivity index (χ3n) is 2.41. The van der Waals surface area contributed by atoms with Gasteiger partial charge in [0.05, 0.1) is 23.5 Å². The number of halogens is 1. The van der Waals surface area contributed by atoms with Crippen molar-refractivity contribution >= 4 is 23.3 Å². The highest BCUT2D eigenvalue weighted by Crippen LogP contribution is 2.17. The zero-order chi connectivity index (χ0) is 13.1. The maximum absolute atomic E-state index is 10.7. The van der Waals surface area contributed by atoms with Gasteiger partial charge in [0.1, 0.15) is 17.2 Å². The van der Waals surface area contributed by atoms with E-state index in [0.29, 0.717) is 17.5 Å². The van der Waals surface area contributed by atoms with E-state index < -0.39 is 5.97 Å². The minimum Gasteiger partial charge on any atom is -0.478 e. The zero-order valence-corrected chi connectivity index (χ0v) is 10.4. The summed E-state index contributed by atoms with van der Waals surface area (Å²) in [5, 5.41) is 12.3. The van der Waals surface area contributed by atoms with E-state index in [1.165, 1.54) is 12.3 Å². The third-order valence-corrected chi connectivity index (χ3v) is 2.62. The van der Waals surface area contributed by atoms with Gasteiger partial charge in [0.25, 0.3) is 0 Å². The number of carboxylic acids is 1. The lowest BCUT2D eigenvalue weighted by Crippen LogP contribution is -2.01. The first-order chi connectivity index (χ1) is 8.56. The Kier molecular flexibility index (Phi) is 3.53. The molecule has 2 aromatic heterocycles. The van der Waals surface area contributed by atoms with E-state index in [1.54, 1.807) is 6.07 Å². The molecule has 5 nitrogen and oxygen atoms in total. The van der Waals surface area contributed by atoms with E-state index in [2.05, 4.69) is 10.3 Å². The van der Waals surface area contributed by atoms with E-state index >= 15 is 0 Å². The Balaban J connectivity index is 2.04. The van der Waals surface area contributed by atoms with Gasteiger partial charge in [-0.25, -0.2) is 9.78 Å². The second kappa shape index (κ2) is 5.10. The van der Waals surface area contributed by atoms with Crippen LogP contribution in [0, 0.1) is 6.92 Å². The Hall–Kier alpha value is -2.01. The summed E-state index contributed by atoms with van der Waals surface area (Å²) >= 11 is 5.75. The molecule has 0 saturated heterocycles. The molecule has 0 spiro atoms. The van der Waals surface area contributed by atoms with E-state index in [0.717, 1.165) is 11.4 Å². The number of aryl methyl sites for hydroxylation is 1. The lowest BCUT2D eigenvalue weighted by molar-refractivity contribution is 0.0696. The van der Waals surface area contributed by atoms with Crippen LogP contribution in [-0.2, 0) is 6.54 Å². The van der Waals surface area contributed by atoms with Crippen LogP contribution in [0.15, 0.2) is 28.9 Å². The lowest BCUT2D eigenvalue weighted by Gasteiger charge is -2.07. The lowest BCUT2D eigenvalue weighted by atomic mass is 10.3. The fourth-order valence-corrected chi connectivity index (χ4v) is 1.67. The first-order valence-corrected chi connectivity index (χ1v) is 5.62. The average molecular weight is 267 g/mol. The van der Waals surface area contributed by atoms with E-state index in [1.807, 2.05) is 13.0 Å². The molecule has 2 N–H and O–H groups in total.